The van der Waals surface area contributed by atoms with E-state index in [4.69, 9.17) is 5.73 Å². The van der Waals surface area contributed by atoms with Crippen LogP contribution in [0.25, 0.3) is 17.0 Å². The van der Waals surface area contributed by atoms with Gasteiger partial charge in [-0.05, 0) is 12.1 Å². The molecule has 0 aliphatic carbocycles. The molecule has 6 heteroatoms. The van der Waals surface area contributed by atoms with Crippen molar-refractivity contribution in [2.75, 3.05) is 5.73 Å². The minimum atomic E-state index is -1.49. The zero-order chi connectivity index (χ0) is 16.6. The van der Waals surface area contributed by atoms with Gasteiger partial charge in [0.25, 0.3) is 0 Å². The first kappa shape index (κ1) is 15.1. The molecule has 0 saturated heterocycles. The quantitative estimate of drug-likeness (QED) is 0.533. The van der Waals surface area contributed by atoms with E-state index in [1.165, 1.54) is 0 Å². The van der Waals surface area contributed by atoms with E-state index in [9.17, 15) is 5.11 Å². The Balaban J connectivity index is 2.11. The van der Waals surface area contributed by atoms with Crippen molar-refractivity contribution in [2.24, 2.45) is 0 Å². The van der Waals surface area contributed by atoms with Crippen molar-refractivity contribution in [1.29, 1.82) is 0 Å². The van der Waals surface area contributed by atoms with E-state index in [-0.39, 0.29) is 5.75 Å². The number of phenolic OH excluding ortho intramolecular Hbond substituents is 1. The Morgan fingerprint density at radius 2 is 1.87 bits per heavy atom. The van der Waals surface area contributed by atoms with Gasteiger partial charge in [-0.2, -0.15) is 4.98 Å². The number of anilines is 1. The number of fused-ring (bicyclic) bond motifs is 1. The zero-order valence-corrected chi connectivity index (χ0v) is 14.3. The van der Waals surface area contributed by atoms with Gasteiger partial charge in [0.1, 0.15) is 19.6 Å². The Labute approximate surface area is 135 Å². The summed E-state index contributed by atoms with van der Waals surface area (Å²) >= 11 is 0. The number of hydrogen-bond donors (Lipinski definition) is 2. The second-order valence-electron chi connectivity index (χ2n) is 6.39. The van der Waals surface area contributed by atoms with E-state index in [1.807, 2.05) is 24.5 Å². The van der Waals surface area contributed by atoms with Gasteiger partial charge in [0.2, 0.25) is 5.78 Å². The van der Waals surface area contributed by atoms with Crippen molar-refractivity contribution in [1.82, 2.24) is 14.4 Å². The molecule has 1 aromatic carbocycles. The van der Waals surface area contributed by atoms with E-state index in [2.05, 4.69) is 41.1 Å². The standard InChI is InChI=1S/C17H18N4OSi/c1-23(2,3)9-8-12-10-21-11-14(19-17(21)20-16(12)18)13-6-4-5-7-15(13)22/h4-7,10-11,22H,1-3H3,(H2,18,19,20). The number of nitrogen functional groups attached to an aromatic ring is 1. The smallest absolute Gasteiger partial charge is 0.236 e. The third kappa shape index (κ3) is 3.20. The summed E-state index contributed by atoms with van der Waals surface area (Å²) in [5, 5.41) is 9.96. The molecule has 0 aliphatic rings. The van der Waals surface area contributed by atoms with Crippen LogP contribution in [0.3, 0.4) is 0 Å². The van der Waals surface area contributed by atoms with Gasteiger partial charge in [-0.1, -0.05) is 37.7 Å². The van der Waals surface area contributed by atoms with Crippen LogP contribution in [-0.2, 0) is 0 Å². The summed E-state index contributed by atoms with van der Waals surface area (Å²) in [4.78, 5) is 8.74. The summed E-state index contributed by atoms with van der Waals surface area (Å²) in [6.07, 6.45) is 3.65. The van der Waals surface area contributed by atoms with Crippen LogP contribution in [0.4, 0.5) is 5.82 Å². The average molecular weight is 322 g/mol. The molecule has 2 heterocycles. The van der Waals surface area contributed by atoms with Crippen molar-refractivity contribution in [3.8, 4) is 28.5 Å². The summed E-state index contributed by atoms with van der Waals surface area (Å²) < 4.78 is 1.78. The summed E-state index contributed by atoms with van der Waals surface area (Å²) in [6, 6.07) is 7.07. The molecule has 2 aromatic heterocycles. The fraction of sp³-hybridized carbons (Fsp3) is 0.176. The number of benzene rings is 1. The molecule has 0 spiro atoms. The minimum absolute atomic E-state index is 0.183. The molecule has 0 saturated carbocycles. The lowest BCUT2D eigenvalue weighted by atomic mass is 10.1. The highest BCUT2D eigenvalue weighted by molar-refractivity contribution is 6.83. The third-order valence-electron chi connectivity index (χ3n) is 3.23. The van der Waals surface area contributed by atoms with Crippen LogP contribution in [0.15, 0.2) is 36.7 Å². The van der Waals surface area contributed by atoms with Gasteiger partial charge in [0, 0.05) is 18.0 Å². The van der Waals surface area contributed by atoms with Crippen LogP contribution in [-0.4, -0.2) is 27.5 Å². The first-order valence-electron chi connectivity index (χ1n) is 7.30. The van der Waals surface area contributed by atoms with E-state index in [0.29, 0.717) is 28.4 Å². The predicted molar refractivity (Wildman–Crippen MR) is 94.7 cm³/mol. The SMILES string of the molecule is C[Si](C)(C)C#Cc1cn2cc(-c3ccccc3O)nc2nc1N. The Hall–Kier alpha value is -2.78. The van der Waals surface area contributed by atoms with Gasteiger partial charge in [0.05, 0.1) is 11.3 Å². The monoisotopic (exact) mass is 322 g/mol. The Morgan fingerprint density at radius 1 is 1.13 bits per heavy atom. The second-order valence-corrected chi connectivity index (χ2v) is 11.1. The van der Waals surface area contributed by atoms with Crippen molar-refractivity contribution in [2.45, 2.75) is 19.6 Å². The first-order chi connectivity index (χ1) is 10.8. The number of phenols is 1. The molecule has 0 bridgehead atoms. The normalized spacial score (nSPS) is 11.3. The number of para-hydroxylation sites is 1. The molecule has 0 atom stereocenters. The van der Waals surface area contributed by atoms with Crippen LogP contribution in [0.1, 0.15) is 5.56 Å². The fourth-order valence-electron chi connectivity index (χ4n) is 2.11. The van der Waals surface area contributed by atoms with Crippen molar-refractivity contribution >= 4 is 19.7 Å². The number of rotatable bonds is 1. The Morgan fingerprint density at radius 3 is 2.57 bits per heavy atom. The van der Waals surface area contributed by atoms with E-state index < -0.39 is 8.07 Å². The topological polar surface area (TPSA) is 76.4 Å². The van der Waals surface area contributed by atoms with Crippen molar-refractivity contribution in [3.05, 3.63) is 42.2 Å². The fourth-order valence-corrected chi connectivity index (χ4v) is 2.62. The number of hydrogen-bond acceptors (Lipinski definition) is 4. The number of imidazole rings is 1. The van der Waals surface area contributed by atoms with Gasteiger partial charge in [-0.25, -0.2) is 4.98 Å². The summed E-state index contributed by atoms with van der Waals surface area (Å²) in [7, 11) is -1.49. The molecule has 3 aromatic rings. The molecular weight excluding hydrogens is 304 g/mol. The molecular formula is C17H18N4OSi. The lowest BCUT2D eigenvalue weighted by Gasteiger charge is -2.04. The lowest BCUT2D eigenvalue weighted by Crippen LogP contribution is -2.16. The number of nitrogens with two attached hydrogens (primary N) is 1. The molecule has 116 valence electrons. The highest BCUT2D eigenvalue weighted by Gasteiger charge is 2.12. The maximum absolute atomic E-state index is 9.96. The van der Waals surface area contributed by atoms with E-state index in [1.54, 1.807) is 16.5 Å². The summed E-state index contributed by atoms with van der Waals surface area (Å²) in [6.45, 7) is 6.53. The Kier molecular flexibility index (Phi) is 3.58. The van der Waals surface area contributed by atoms with Crippen molar-refractivity contribution in [3.63, 3.8) is 0 Å². The summed E-state index contributed by atoms with van der Waals surface area (Å²) in [5.41, 5.74) is 11.3. The Bertz CT molecular complexity index is 945. The zero-order valence-electron chi connectivity index (χ0n) is 13.3. The molecule has 3 rings (SSSR count). The van der Waals surface area contributed by atoms with Crippen LogP contribution in [0.5, 0.6) is 5.75 Å². The van der Waals surface area contributed by atoms with Crippen LogP contribution in [0, 0.1) is 11.5 Å². The van der Waals surface area contributed by atoms with Gasteiger partial charge in [-0.3, -0.25) is 4.40 Å². The molecule has 0 aliphatic heterocycles. The molecule has 0 fully saturated rings. The van der Waals surface area contributed by atoms with Crippen molar-refractivity contribution < 1.29 is 5.11 Å². The predicted octanol–water partition coefficient (Wildman–Crippen LogP) is 2.91. The third-order valence-corrected chi connectivity index (χ3v) is 4.10. The van der Waals surface area contributed by atoms with Gasteiger partial charge in [0.15, 0.2) is 0 Å². The highest BCUT2D eigenvalue weighted by atomic mass is 28.3. The van der Waals surface area contributed by atoms with Crippen LogP contribution in [0.2, 0.25) is 19.6 Å². The molecule has 23 heavy (non-hydrogen) atoms. The van der Waals surface area contributed by atoms with E-state index >= 15 is 0 Å². The average Bonchev–Trinajstić information content (AvgIpc) is 2.86. The number of nitrogens with zero attached hydrogens (tertiary/aromatic N) is 3. The maximum Gasteiger partial charge on any atom is 0.236 e. The highest BCUT2D eigenvalue weighted by Crippen LogP contribution is 2.28. The summed E-state index contributed by atoms with van der Waals surface area (Å²) in [5.74, 6) is 4.17. The number of aromatic hydroxyl groups is 1. The lowest BCUT2D eigenvalue weighted by molar-refractivity contribution is 0.477. The largest absolute Gasteiger partial charge is 0.507 e. The van der Waals surface area contributed by atoms with E-state index in [0.717, 1.165) is 0 Å². The van der Waals surface area contributed by atoms with Gasteiger partial charge >= 0.3 is 0 Å². The van der Waals surface area contributed by atoms with Gasteiger partial charge in [-0.15, -0.1) is 5.54 Å². The maximum atomic E-state index is 9.96. The first-order valence-corrected chi connectivity index (χ1v) is 10.8. The molecule has 0 radical (unpaired) electrons. The van der Waals surface area contributed by atoms with Crippen LogP contribution < -0.4 is 5.73 Å². The van der Waals surface area contributed by atoms with Gasteiger partial charge < -0.3 is 10.8 Å². The molecule has 0 amide bonds. The molecule has 3 N–H and O–H groups in total. The number of aromatic nitrogens is 3. The molecule has 5 nitrogen and oxygen atoms in total. The molecule has 0 unspecified atom stereocenters. The van der Waals surface area contributed by atoms with Crippen LogP contribution >= 0.6 is 0 Å². The second kappa shape index (κ2) is 5.45. The minimum Gasteiger partial charge on any atom is -0.507 e.